The van der Waals surface area contributed by atoms with Crippen molar-refractivity contribution in [1.82, 2.24) is 10.2 Å². The summed E-state index contributed by atoms with van der Waals surface area (Å²) >= 11 is 0. The molecule has 3 N–H and O–H groups in total. The molecule has 1 fully saturated rings. The van der Waals surface area contributed by atoms with Crippen LogP contribution in [0.1, 0.15) is 25.7 Å². The fourth-order valence-corrected chi connectivity index (χ4v) is 2.22. The topological polar surface area (TPSA) is 41.3 Å². The maximum Gasteiger partial charge on any atom is 0.0316 e. The average Bonchev–Trinajstić information content (AvgIpc) is 2.42. The molecule has 3 nitrogen and oxygen atoms in total. The fourth-order valence-electron chi connectivity index (χ4n) is 2.22. The molecule has 0 bridgehead atoms. The van der Waals surface area contributed by atoms with E-state index >= 15 is 0 Å². The van der Waals surface area contributed by atoms with Crippen molar-refractivity contribution >= 4 is 0 Å². The first kappa shape index (κ1) is 12.7. The third-order valence-electron chi connectivity index (χ3n) is 3.41. The molecular weight excluding hydrogens is 186 g/mol. The van der Waals surface area contributed by atoms with Crippen LogP contribution in [0.2, 0.25) is 0 Å². The number of nitrogens with two attached hydrogens (primary N) is 1. The van der Waals surface area contributed by atoms with Gasteiger partial charge in [0.15, 0.2) is 0 Å². The summed E-state index contributed by atoms with van der Waals surface area (Å²) in [5, 5.41) is 3.62. The molecule has 0 aromatic rings. The van der Waals surface area contributed by atoms with Gasteiger partial charge in [0.25, 0.3) is 0 Å². The van der Waals surface area contributed by atoms with Gasteiger partial charge in [-0.25, -0.2) is 0 Å². The summed E-state index contributed by atoms with van der Waals surface area (Å²) in [6, 6.07) is 0. The Balaban J connectivity index is 2.46. The van der Waals surface area contributed by atoms with Crippen molar-refractivity contribution in [3.05, 3.63) is 12.7 Å². The minimum absolute atomic E-state index is 0.174. The monoisotopic (exact) mass is 211 g/mol. The van der Waals surface area contributed by atoms with Gasteiger partial charge in [-0.1, -0.05) is 6.08 Å². The second-order valence-corrected chi connectivity index (χ2v) is 4.65. The van der Waals surface area contributed by atoms with Crippen molar-refractivity contribution in [2.75, 3.05) is 33.2 Å². The molecule has 88 valence electrons. The summed E-state index contributed by atoms with van der Waals surface area (Å²) in [5.74, 6) is 0. The predicted octanol–water partition coefficient (Wildman–Crippen LogP) is 0.965. The smallest absolute Gasteiger partial charge is 0.0316 e. The lowest BCUT2D eigenvalue weighted by atomic mass is 9.90. The Morgan fingerprint density at radius 1 is 1.47 bits per heavy atom. The van der Waals surface area contributed by atoms with E-state index in [1.807, 2.05) is 6.08 Å². The molecule has 1 heterocycles. The maximum absolute atomic E-state index is 5.93. The molecule has 1 rings (SSSR count). The van der Waals surface area contributed by atoms with Gasteiger partial charge in [0.1, 0.15) is 0 Å². The second-order valence-electron chi connectivity index (χ2n) is 4.65. The quantitative estimate of drug-likeness (QED) is 0.526. The minimum Gasteiger partial charge on any atom is -0.329 e. The highest BCUT2D eigenvalue weighted by Crippen LogP contribution is 2.20. The highest BCUT2D eigenvalue weighted by molar-refractivity contribution is 4.92. The van der Waals surface area contributed by atoms with Crippen molar-refractivity contribution in [2.45, 2.75) is 31.2 Å². The molecule has 0 aromatic heterocycles. The first-order valence-electron chi connectivity index (χ1n) is 5.97. The number of nitrogens with one attached hydrogen (secondary N) is 1. The zero-order chi connectivity index (χ0) is 11.1. The van der Waals surface area contributed by atoms with Crippen molar-refractivity contribution in [2.24, 2.45) is 5.73 Å². The number of hydrogen-bond acceptors (Lipinski definition) is 3. The molecule has 0 amide bonds. The molecule has 3 heteroatoms. The van der Waals surface area contributed by atoms with Crippen molar-refractivity contribution in [3.63, 3.8) is 0 Å². The zero-order valence-corrected chi connectivity index (χ0v) is 9.97. The van der Waals surface area contributed by atoms with E-state index < -0.39 is 0 Å². The molecule has 0 spiro atoms. The summed E-state index contributed by atoms with van der Waals surface area (Å²) in [4.78, 5) is 2.40. The van der Waals surface area contributed by atoms with Crippen LogP contribution in [0.15, 0.2) is 12.7 Å². The lowest BCUT2D eigenvalue weighted by Crippen LogP contribution is -2.51. The molecule has 1 unspecified atom stereocenters. The summed E-state index contributed by atoms with van der Waals surface area (Å²) < 4.78 is 0. The number of rotatable bonds is 5. The number of likely N-dealkylation sites (tertiary alicyclic amines) is 1. The first-order valence-corrected chi connectivity index (χ1v) is 5.97. The largest absolute Gasteiger partial charge is 0.329 e. The molecule has 1 saturated heterocycles. The summed E-state index contributed by atoms with van der Waals surface area (Å²) in [6.45, 7) is 7.85. The van der Waals surface area contributed by atoms with Crippen LogP contribution < -0.4 is 11.1 Å². The molecule has 0 radical (unpaired) electrons. The van der Waals surface area contributed by atoms with E-state index in [4.69, 9.17) is 5.73 Å². The Bertz CT molecular complexity index is 193. The summed E-state index contributed by atoms with van der Waals surface area (Å²) in [5.41, 5.74) is 6.10. The van der Waals surface area contributed by atoms with Crippen LogP contribution >= 0.6 is 0 Å². The van der Waals surface area contributed by atoms with Crippen LogP contribution in [0.25, 0.3) is 0 Å². The Morgan fingerprint density at radius 3 is 2.93 bits per heavy atom. The van der Waals surface area contributed by atoms with Crippen LogP contribution in [-0.4, -0.2) is 43.7 Å². The number of nitrogens with zero attached hydrogens (tertiary/aromatic N) is 1. The molecule has 15 heavy (non-hydrogen) atoms. The molecule has 0 aliphatic carbocycles. The van der Waals surface area contributed by atoms with Gasteiger partial charge >= 0.3 is 0 Å². The summed E-state index contributed by atoms with van der Waals surface area (Å²) in [6.07, 6.45) is 6.59. The van der Waals surface area contributed by atoms with E-state index in [1.54, 1.807) is 0 Å². The van der Waals surface area contributed by atoms with Crippen molar-refractivity contribution < 1.29 is 0 Å². The predicted molar refractivity (Wildman–Crippen MR) is 66.0 cm³/mol. The highest BCUT2D eigenvalue weighted by atomic mass is 15.1. The Kier molecular flexibility index (Phi) is 5.29. The third-order valence-corrected chi connectivity index (χ3v) is 3.41. The Morgan fingerprint density at radius 2 is 2.27 bits per heavy atom. The van der Waals surface area contributed by atoms with Crippen LogP contribution in [0, 0.1) is 0 Å². The van der Waals surface area contributed by atoms with Crippen LogP contribution in [0.5, 0.6) is 0 Å². The summed E-state index contributed by atoms with van der Waals surface area (Å²) in [7, 11) is 2.19. The van der Waals surface area contributed by atoms with Crippen LogP contribution in [0.4, 0.5) is 0 Å². The van der Waals surface area contributed by atoms with Gasteiger partial charge < -0.3 is 16.0 Å². The van der Waals surface area contributed by atoms with Gasteiger partial charge in [-0.05, 0) is 52.4 Å². The fraction of sp³-hybridized carbons (Fsp3) is 0.833. The molecule has 0 aromatic carbocycles. The minimum atomic E-state index is 0.174. The first-order chi connectivity index (χ1) is 7.22. The van der Waals surface area contributed by atoms with Gasteiger partial charge in [0, 0.05) is 12.1 Å². The van der Waals surface area contributed by atoms with E-state index in [2.05, 4.69) is 23.8 Å². The van der Waals surface area contributed by atoms with Gasteiger partial charge in [0.05, 0.1) is 0 Å². The Hall–Kier alpha value is -0.380. The maximum atomic E-state index is 5.93. The molecule has 1 aliphatic heterocycles. The van der Waals surface area contributed by atoms with Crippen LogP contribution in [-0.2, 0) is 0 Å². The van der Waals surface area contributed by atoms with E-state index in [0.717, 1.165) is 32.5 Å². The molecule has 1 atom stereocenters. The standard InChI is InChI=1S/C12H25N3/c1-3-4-8-14-12(11-13)6-5-9-15(2)10-7-12/h3,14H,1,4-11,13H2,2H3. The highest BCUT2D eigenvalue weighted by Gasteiger charge is 2.29. The zero-order valence-electron chi connectivity index (χ0n) is 9.97. The van der Waals surface area contributed by atoms with Gasteiger partial charge in [0.2, 0.25) is 0 Å². The lowest BCUT2D eigenvalue weighted by molar-refractivity contribution is 0.284. The van der Waals surface area contributed by atoms with E-state index in [9.17, 15) is 0 Å². The normalized spacial score (nSPS) is 28.7. The average molecular weight is 211 g/mol. The van der Waals surface area contributed by atoms with Gasteiger partial charge in [-0.2, -0.15) is 0 Å². The number of hydrogen-bond donors (Lipinski definition) is 2. The third kappa shape index (κ3) is 3.93. The molecular formula is C12H25N3. The lowest BCUT2D eigenvalue weighted by Gasteiger charge is -2.32. The molecule has 1 aliphatic rings. The van der Waals surface area contributed by atoms with E-state index in [0.29, 0.717) is 0 Å². The van der Waals surface area contributed by atoms with Gasteiger partial charge in [-0.3, -0.25) is 0 Å². The van der Waals surface area contributed by atoms with Crippen LogP contribution in [0.3, 0.4) is 0 Å². The SMILES string of the molecule is C=CCCNC1(CN)CCCN(C)CC1. The molecule has 0 saturated carbocycles. The van der Waals surface area contributed by atoms with Crippen molar-refractivity contribution in [1.29, 1.82) is 0 Å². The Labute approximate surface area is 93.7 Å². The second kappa shape index (κ2) is 6.26. The van der Waals surface area contributed by atoms with Gasteiger partial charge in [-0.15, -0.1) is 6.58 Å². The van der Waals surface area contributed by atoms with E-state index in [-0.39, 0.29) is 5.54 Å². The van der Waals surface area contributed by atoms with E-state index in [1.165, 1.54) is 19.4 Å². The van der Waals surface area contributed by atoms with Crippen molar-refractivity contribution in [3.8, 4) is 0 Å².